The second kappa shape index (κ2) is 7.59. The average molecular weight is 330 g/mol. The zero-order chi connectivity index (χ0) is 16.9. The highest BCUT2D eigenvalue weighted by atomic mass is 16.2. The van der Waals surface area contributed by atoms with Crippen molar-refractivity contribution < 1.29 is 4.79 Å². The number of likely N-dealkylation sites (tertiary alicyclic amines) is 1. The van der Waals surface area contributed by atoms with Crippen LogP contribution in [-0.2, 0) is 11.3 Å². The molecule has 0 saturated carbocycles. The minimum atomic E-state index is 0.242. The van der Waals surface area contributed by atoms with Crippen molar-refractivity contribution in [1.82, 2.24) is 29.2 Å². The second-order valence-corrected chi connectivity index (χ2v) is 6.75. The Kier molecular flexibility index (Phi) is 5.27. The van der Waals surface area contributed by atoms with E-state index in [1.807, 2.05) is 11.1 Å². The van der Waals surface area contributed by atoms with E-state index in [0.29, 0.717) is 18.4 Å². The molecule has 24 heavy (non-hydrogen) atoms. The molecule has 130 valence electrons. The van der Waals surface area contributed by atoms with Gasteiger partial charge in [-0.05, 0) is 19.3 Å². The third-order valence-corrected chi connectivity index (χ3v) is 4.60. The number of nitrogens with zero attached hydrogens (tertiary/aromatic N) is 6. The molecule has 7 nitrogen and oxygen atoms in total. The second-order valence-electron chi connectivity index (χ2n) is 6.75. The molecule has 1 amide bonds. The summed E-state index contributed by atoms with van der Waals surface area (Å²) in [4.78, 5) is 22.9. The first-order chi connectivity index (χ1) is 11.6. The Labute approximate surface area is 142 Å². The molecule has 0 aromatic carbocycles. The van der Waals surface area contributed by atoms with E-state index in [1.54, 1.807) is 11.0 Å². The van der Waals surface area contributed by atoms with E-state index in [2.05, 4.69) is 39.7 Å². The van der Waals surface area contributed by atoms with Gasteiger partial charge in [-0.3, -0.25) is 9.48 Å². The summed E-state index contributed by atoms with van der Waals surface area (Å²) in [7, 11) is 0. The first-order valence-corrected chi connectivity index (χ1v) is 8.78. The maximum absolute atomic E-state index is 12.5. The van der Waals surface area contributed by atoms with Crippen LogP contribution in [0.25, 0.3) is 0 Å². The molecule has 1 aliphatic heterocycles. The summed E-state index contributed by atoms with van der Waals surface area (Å²) < 4.78 is 4.03. The fourth-order valence-electron chi connectivity index (χ4n) is 3.39. The highest BCUT2D eigenvalue weighted by molar-refractivity contribution is 5.76. The normalized spacial score (nSPS) is 18.3. The predicted octanol–water partition coefficient (Wildman–Crippen LogP) is 2.24. The van der Waals surface area contributed by atoms with Gasteiger partial charge in [-0.25, -0.2) is 9.97 Å². The minimum Gasteiger partial charge on any atom is -0.341 e. The Balaban J connectivity index is 1.54. The molecule has 2 aromatic heterocycles. The lowest BCUT2D eigenvalue weighted by atomic mass is 10.0. The Hall–Kier alpha value is -2.18. The predicted molar refractivity (Wildman–Crippen MR) is 90.4 cm³/mol. The number of carbonyl (C=O) groups is 1. The van der Waals surface area contributed by atoms with Crippen LogP contribution in [0.1, 0.15) is 57.3 Å². The summed E-state index contributed by atoms with van der Waals surface area (Å²) in [6.45, 7) is 6.72. The van der Waals surface area contributed by atoms with Crippen LogP contribution in [0, 0.1) is 0 Å². The third kappa shape index (κ3) is 3.83. The zero-order valence-electron chi connectivity index (χ0n) is 14.5. The van der Waals surface area contributed by atoms with Gasteiger partial charge in [0.2, 0.25) is 5.91 Å². The van der Waals surface area contributed by atoms with E-state index >= 15 is 0 Å². The maximum atomic E-state index is 12.5. The van der Waals surface area contributed by atoms with Crippen molar-refractivity contribution in [2.75, 3.05) is 13.1 Å². The van der Waals surface area contributed by atoms with Gasteiger partial charge in [0.15, 0.2) is 0 Å². The van der Waals surface area contributed by atoms with E-state index in [0.717, 1.165) is 44.7 Å². The van der Waals surface area contributed by atoms with Crippen molar-refractivity contribution in [3.63, 3.8) is 0 Å². The topological polar surface area (TPSA) is 68.8 Å². The number of piperidine rings is 1. The number of hydrogen-bond donors (Lipinski definition) is 0. The zero-order valence-corrected chi connectivity index (χ0v) is 14.5. The average Bonchev–Trinajstić information content (AvgIpc) is 3.26. The quantitative estimate of drug-likeness (QED) is 0.814. The van der Waals surface area contributed by atoms with Crippen LogP contribution in [0.15, 0.2) is 25.0 Å². The molecule has 0 bridgehead atoms. The molecule has 3 rings (SSSR count). The first-order valence-electron chi connectivity index (χ1n) is 8.78. The molecule has 1 fully saturated rings. The van der Waals surface area contributed by atoms with Crippen molar-refractivity contribution >= 4 is 5.91 Å². The van der Waals surface area contributed by atoms with Gasteiger partial charge in [-0.15, -0.1) is 0 Å². The molecule has 0 unspecified atom stereocenters. The molecule has 3 heterocycles. The maximum Gasteiger partial charge on any atom is 0.222 e. The van der Waals surface area contributed by atoms with Crippen molar-refractivity contribution in [1.29, 1.82) is 0 Å². The largest absolute Gasteiger partial charge is 0.341 e. The van der Waals surface area contributed by atoms with E-state index in [4.69, 9.17) is 0 Å². The number of aromatic nitrogens is 5. The van der Waals surface area contributed by atoms with Gasteiger partial charge in [0, 0.05) is 44.4 Å². The van der Waals surface area contributed by atoms with E-state index in [1.165, 1.54) is 6.33 Å². The van der Waals surface area contributed by atoms with Gasteiger partial charge in [0.05, 0.1) is 6.04 Å². The summed E-state index contributed by atoms with van der Waals surface area (Å²) in [6.07, 6.45) is 10.7. The van der Waals surface area contributed by atoms with Gasteiger partial charge < -0.3 is 9.47 Å². The van der Waals surface area contributed by atoms with Crippen LogP contribution in [-0.4, -0.2) is 48.2 Å². The van der Waals surface area contributed by atoms with E-state index in [-0.39, 0.29) is 5.91 Å². The van der Waals surface area contributed by atoms with Crippen molar-refractivity contribution in [2.45, 2.75) is 58.0 Å². The smallest absolute Gasteiger partial charge is 0.222 e. The molecular formula is C17H26N6O. The van der Waals surface area contributed by atoms with E-state index < -0.39 is 0 Å². The Morgan fingerprint density at radius 3 is 3.04 bits per heavy atom. The number of imidazole rings is 1. The number of hydrogen-bond acceptors (Lipinski definition) is 4. The number of aryl methyl sites for hydroxylation is 1. The minimum absolute atomic E-state index is 0.242. The number of amides is 1. The van der Waals surface area contributed by atoms with Crippen LogP contribution < -0.4 is 0 Å². The lowest BCUT2D eigenvalue weighted by molar-refractivity contribution is -0.133. The van der Waals surface area contributed by atoms with Crippen LogP contribution in [0.5, 0.6) is 0 Å². The van der Waals surface area contributed by atoms with Gasteiger partial charge in [-0.1, -0.05) is 13.8 Å². The molecule has 0 N–H and O–H groups in total. The highest BCUT2D eigenvalue weighted by Crippen LogP contribution is 2.26. The molecule has 2 aromatic rings. The Morgan fingerprint density at radius 1 is 1.42 bits per heavy atom. The van der Waals surface area contributed by atoms with Gasteiger partial charge >= 0.3 is 0 Å². The van der Waals surface area contributed by atoms with Gasteiger partial charge in [-0.2, -0.15) is 5.10 Å². The summed E-state index contributed by atoms with van der Waals surface area (Å²) in [5.41, 5.74) is 0. The van der Waals surface area contributed by atoms with Gasteiger partial charge in [0.25, 0.3) is 0 Å². The molecule has 7 heteroatoms. The first kappa shape index (κ1) is 16.7. The molecular weight excluding hydrogens is 304 g/mol. The van der Waals surface area contributed by atoms with Crippen molar-refractivity contribution in [3.8, 4) is 0 Å². The molecule has 1 saturated heterocycles. The molecule has 0 spiro atoms. The van der Waals surface area contributed by atoms with Gasteiger partial charge in [0.1, 0.15) is 18.5 Å². The molecule has 1 aliphatic rings. The number of rotatable bonds is 6. The molecule has 0 radical (unpaired) electrons. The fraction of sp³-hybridized carbons (Fsp3) is 0.647. The third-order valence-electron chi connectivity index (χ3n) is 4.60. The summed E-state index contributed by atoms with van der Waals surface area (Å²) in [5.74, 6) is 1.75. The van der Waals surface area contributed by atoms with Crippen molar-refractivity contribution in [2.24, 2.45) is 0 Å². The Morgan fingerprint density at radius 2 is 2.29 bits per heavy atom. The highest BCUT2D eigenvalue weighted by Gasteiger charge is 2.26. The summed E-state index contributed by atoms with van der Waals surface area (Å²) >= 11 is 0. The standard InChI is InChI=1S/C17H26N6O/c1-14(2)17-19-7-10-23(17)15-5-3-8-21(11-15)16(24)6-4-9-22-13-18-12-20-22/h7,10,12-15H,3-6,8-9,11H2,1-2H3/t15-/m0/s1. The number of carbonyl (C=O) groups excluding carboxylic acids is 1. The monoisotopic (exact) mass is 330 g/mol. The fourth-order valence-corrected chi connectivity index (χ4v) is 3.39. The summed E-state index contributed by atoms with van der Waals surface area (Å²) in [6, 6.07) is 0.345. The summed E-state index contributed by atoms with van der Waals surface area (Å²) in [5, 5.41) is 4.07. The lowest BCUT2D eigenvalue weighted by Crippen LogP contribution is -2.41. The van der Waals surface area contributed by atoms with Crippen LogP contribution >= 0.6 is 0 Å². The SMILES string of the molecule is CC(C)c1nccn1[C@H]1CCCN(C(=O)CCCn2cncn2)C1. The molecule has 1 atom stereocenters. The molecule has 0 aliphatic carbocycles. The lowest BCUT2D eigenvalue weighted by Gasteiger charge is -2.34. The van der Waals surface area contributed by atoms with E-state index in [9.17, 15) is 4.79 Å². The Bertz CT molecular complexity index is 648. The van der Waals surface area contributed by atoms with Crippen molar-refractivity contribution in [3.05, 3.63) is 30.9 Å². The van der Waals surface area contributed by atoms with Crippen LogP contribution in [0.2, 0.25) is 0 Å². The van der Waals surface area contributed by atoms with Crippen LogP contribution in [0.3, 0.4) is 0 Å². The van der Waals surface area contributed by atoms with Crippen LogP contribution in [0.4, 0.5) is 0 Å².